The highest BCUT2D eigenvalue weighted by Crippen LogP contribution is 2.38. The number of hydrogen-bond acceptors (Lipinski definition) is 3. The zero-order chi connectivity index (χ0) is 15.7. The third-order valence-corrected chi connectivity index (χ3v) is 5.68. The standard InChI is InChI=1S/C14H15Cl2NO3S/c1-14(5-6-14)17-21(19,20)13-11(15)8-10(9-12(13)16)4-2-3-7-18/h8-9,17-18H,3,5-7H2,1H3. The molecule has 1 aromatic carbocycles. The maximum atomic E-state index is 12.4. The maximum Gasteiger partial charge on any atom is 0.244 e. The molecule has 1 aliphatic carbocycles. The van der Waals surface area contributed by atoms with Gasteiger partial charge in [0.05, 0.1) is 16.7 Å². The lowest BCUT2D eigenvalue weighted by molar-refractivity contribution is 0.305. The van der Waals surface area contributed by atoms with Crippen LogP contribution in [0.4, 0.5) is 0 Å². The van der Waals surface area contributed by atoms with Gasteiger partial charge < -0.3 is 5.11 Å². The second-order valence-electron chi connectivity index (χ2n) is 5.21. The highest BCUT2D eigenvalue weighted by Gasteiger charge is 2.42. The van der Waals surface area contributed by atoms with E-state index in [2.05, 4.69) is 16.6 Å². The number of aliphatic hydroxyl groups is 1. The van der Waals surface area contributed by atoms with Crippen LogP contribution in [0.3, 0.4) is 0 Å². The highest BCUT2D eigenvalue weighted by atomic mass is 35.5. The number of aliphatic hydroxyl groups excluding tert-OH is 1. The van der Waals surface area contributed by atoms with E-state index in [4.69, 9.17) is 28.3 Å². The number of hydrogen-bond donors (Lipinski definition) is 2. The van der Waals surface area contributed by atoms with Gasteiger partial charge in [0.1, 0.15) is 4.90 Å². The molecule has 21 heavy (non-hydrogen) atoms. The van der Waals surface area contributed by atoms with Gasteiger partial charge in [-0.3, -0.25) is 0 Å². The van der Waals surface area contributed by atoms with Gasteiger partial charge >= 0.3 is 0 Å². The largest absolute Gasteiger partial charge is 0.395 e. The van der Waals surface area contributed by atoms with Gasteiger partial charge in [-0.15, -0.1) is 0 Å². The quantitative estimate of drug-likeness (QED) is 0.822. The molecule has 0 radical (unpaired) electrons. The first-order valence-corrected chi connectivity index (χ1v) is 8.64. The van der Waals surface area contributed by atoms with Crippen molar-refractivity contribution >= 4 is 33.2 Å². The van der Waals surface area contributed by atoms with Crippen LogP contribution in [0.2, 0.25) is 10.0 Å². The summed E-state index contributed by atoms with van der Waals surface area (Å²) in [6.07, 6.45) is 1.92. The van der Waals surface area contributed by atoms with Gasteiger partial charge in [0.2, 0.25) is 10.0 Å². The fourth-order valence-corrected chi connectivity index (χ4v) is 4.46. The van der Waals surface area contributed by atoms with Gasteiger partial charge in [-0.1, -0.05) is 35.0 Å². The van der Waals surface area contributed by atoms with E-state index >= 15 is 0 Å². The highest BCUT2D eigenvalue weighted by molar-refractivity contribution is 7.89. The first kappa shape index (κ1) is 16.6. The molecule has 0 aliphatic heterocycles. The molecule has 4 nitrogen and oxygen atoms in total. The Balaban J connectivity index is 2.35. The fourth-order valence-electron chi connectivity index (χ4n) is 1.77. The Kier molecular flexibility index (Phi) is 4.86. The number of benzene rings is 1. The van der Waals surface area contributed by atoms with Gasteiger partial charge in [0.15, 0.2) is 0 Å². The summed E-state index contributed by atoms with van der Waals surface area (Å²) in [6, 6.07) is 2.92. The van der Waals surface area contributed by atoms with E-state index < -0.39 is 15.6 Å². The summed E-state index contributed by atoms with van der Waals surface area (Å²) in [7, 11) is -3.76. The summed E-state index contributed by atoms with van der Waals surface area (Å²) >= 11 is 12.1. The van der Waals surface area contributed by atoms with Gasteiger partial charge in [0.25, 0.3) is 0 Å². The second kappa shape index (κ2) is 6.15. The average molecular weight is 348 g/mol. The molecule has 1 fully saturated rings. The Morgan fingerprint density at radius 3 is 2.38 bits per heavy atom. The molecule has 1 aliphatic rings. The molecule has 2 rings (SSSR count). The molecule has 0 bridgehead atoms. The Labute approximate surface area is 134 Å². The molecule has 0 unspecified atom stereocenters. The van der Waals surface area contributed by atoms with Gasteiger partial charge in [0, 0.05) is 17.5 Å². The first-order valence-electron chi connectivity index (χ1n) is 6.40. The van der Waals surface area contributed by atoms with E-state index in [1.165, 1.54) is 12.1 Å². The van der Waals surface area contributed by atoms with Crippen LogP contribution in [0.25, 0.3) is 0 Å². The molecule has 1 aromatic rings. The van der Waals surface area contributed by atoms with Crippen molar-refractivity contribution in [2.45, 2.75) is 36.6 Å². The molecule has 0 aromatic heterocycles. The first-order chi connectivity index (χ1) is 9.77. The minimum Gasteiger partial charge on any atom is -0.395 e. The van der Waals surface area contributed by atoms with E-state index in [9.17, 15) is 8.42 Å². The van der Waals surface area contributed by atoms with Crippen LogP contribution < -0.4 is 4.72 Å². The predicted octanol–water partition coefficient (Wildman–Crippen LogP) is 2.56. The van der Waals surface area contributed by atoms with Crippen molar-refractivity contribution in [1.82, 2.24) is 4.72 Å². The lowest BCUT2D eigenvalue weighted by atomic mass is 10.2. The average Bonchev–Trinajstić information content (AvgIpc) is 3.04. The van der Waals surface area contributed by atoms with Gasteiger partial charge in [-0.2, -0.15) is 0 Å². The summed E-state index contributed by atoms with van der Waals surface area (Å²) < 4.78 is 27.3. The van der Waals surface area contributed by atoms with Crippen LogP contribution in [0.1, 0.15) is 31.7 Å². The number of rotatable bonds is 4. The van der Waals surface area contributed by atoms with Crippen LogP contribution >= 0.6 is 23.2 Å². The summed E-state index contributed by atoms with van der Waals surface area (Å²) in [5.74, 6) is 5.50. The van der Waals surface area contributed by atoms with Crippen molar-refractivity contribution in [2.24, 2.45) is 0 Å². The summed E-state index contributed by atoms with van der Waals surface area (Å²) in [4.78, 5) is -0.119. The van der Waals surface area contributed by atoms with Crippen LogP contribution in [-0.4, -0.2) is 25.7 Å². The lowest BCUT2D eigenvalue weighted by Gasteiger charge is -2.14. The summed E-state index contributed by atoms with van der Waals surface area (Å²) in [6.45, 7) is 1.80. The lowest BCUT2D eigenvalue weighted by Crippen LogP contribution is -2.34. The minimum atomic E-state index is -3.76. The van der Waals surface area contributed by atoms with Gasteiger partial charge in [-0.05, 0) is 31.9 Å². The third-order valence-electron chi connectivity index (χ3n) is 3.12. The van der Waals surface area contributed by atoms with Crippen molar-refractivity contribution in [3.63, 3.8) is 0 Å². The molecular formula is C14H15Cl2NO3S. The molecule has 1 saturated carbocycles. The van der Waals surface area contributed by atoms with Crippen LogP contribution in [0, 0.1) is 11.8 Å². The van der Waals surface area contributed by atoms with Crippen molar-refractivity contribution in [3.05, 3.63) is 27.7 Å². The Bertz CT molecular complexity index is 692. The summed E-state index contributed by atoms with van der Waals surface area (Å²) in [5.41, 5.74) is 0.112. The molecule has 7 heteroatoms. The molecular weight excluding hydrogens is 333 g/mol. The normalized spacial score (nSPS) is 16.2. The molecule has 2 N–H and O–H groups in total. The Hall–Kier alpha value is -0.770. The number of sulfonamides is 1. The molecule has 114 valence electrons. The summed E-state index contributed by atoms with van der Waals surface area (Å²) in [5, 5.41) is 8.75. The van der Waals surface area contributed by atoms with E-state index in [0.717, 1.165) is 12.8 Å². The van der Waals surface area contributed by atoms with Crippen LogP contribution in [0.15, 0.2) is 17.0 Å². The SMILES string of the molecule is CC1(NS(=O)(=O)c2c(Cl)cc(C#CCCO)cc2Cl)CC1. The van der Waals surface area contributed by atoms with E-state index in [1.54, 1.807) is 0 Å². The number of halogens is 2. The third kappa shape index (κ3) is 4.12. The maximum absolute atomic E-state index is 12.4. The van der Waals surface area contributed by atoms with Crippen molar-refractivity contribution < 1.29 is 13.5 Å². The fraction of sp³-hybridized carbons (Fsp3) is 0.429. The zero-order valence-electron chi connectivity index (χ0n) is 11.4. The van der Waals surface area contributed by atoms with Crippen LogP contribution in [0.5, 0.6) is 0 Å². The van der Waals surface area contributed by atoms with Gasteiger partial charge in [-0.25, -0.2) is 13.1 Å². The number of nitrogens with one attached hydrogen (secondary N) is 1. The Morgan fingerprint density at radius 1 is 1.33 bits per heavy atom. The smallest absolute Gasteiger partial charge is 0.244 e. The van der Waals surface area contributed by atoms with Crippen molar-refractivity contribution in [2.75, 3.05) is 6.61 Å². The van der Waals surface area contributed by atoms with E-state index in [0.29, 0.717) is 12.0 Å². The predicted molar refractivity (Wildman–Crippen MR) is 83.0 cm³/mol. The molecule has 0 spiro atoms. The Morgan fingerprint density at radius 2 is 1.90 bits per heavy atom. The monoisotopic (exact) mass is 347 g/mol. The van der Waals surface area contributed by atoms with Crippen LogP contribution in [-0.2, 0) is 10.0 Å². The molecule has 0 saturated heterocycles. The minimum absolute atomic E-state index is 0.0348. The van der Waals surface area contributed by atoms with E-state index in [1.807, 2.05) is 6.92 Å². The second-order valence-corrected chi connectivity index (χ2v) is 7.64. The molecule has 0 atom stereocenters. The molecule has 0 heterocycles. The van der Waals surface area contributed by atoms with E-state index in [-0.39, 0.29) is 21.5 Å². The van der Waals surface area contributed by atoms with Crippen molar-refractivity contribution in [3.8, 4) is 11.8 Å². The molecule has 0 amide bonds. The topological polar surface area (TPSA) is 66.4 Å². The zero-order valence-corrected chi connectivity index (χ0v) is 13.7. The van der Waals surface area contributed by atoms with Crippen molar-refractivity contribution in [1.29, 1.82) is 0 Å².